The SMILES string of the molecule is CONC(c1ccccc1)N1CCN(c2ccc(Cl)cc2Cl)C(c2ccc(Cl)cc2)C1. The maximum absolute atomic E-state index is 6.59. The van der Waals surface area contributed by atoms with Crippen LogP contribution in [0.4, 0.5) is 5.69 Å². The molecule has 0 aromatic heterocycles. The van der Waals surface area contributed by atoms with Crippen molar-refractivity contribution >= 4 is 40.5 Å². The molecule has 3 aromatic rings. The van der Waals surface area contributed by atoms with Crippen LogP contribution < -0.4 is 10.4 Å². The first-order chi connectivity index (χ1) is 15.1. The zero-order chi connectivity index (χ0) is 21.8. The van der Waals surface area contributed by atoms with Crippen molar-refractivity contribution in [2.75, 3.05) is 31.6 Å². The lowest BCUT2D eigenvalue weighted by molar-refractivity contribution is -0.0127. The summed E-state index contributed by atoms with van der Waals surface area (Å²) < 4.78 is 0. The summed E-state index contributed by atoms with van der Waals surface area (Å²) in [5.74, 6) is 0. The third-order valence-corrected chi connectivity index (χ3v) is 6.39. The molecule has 1 fully saturated rings. The largest absolute Gasteiger partial charge is 0.361 e. The van der Waals surface area contributed by atoms with E-state index in [2.05, 4.69) is 39.5 Å². The fourth-order valence-corrected chi connectivity index (χ4v) is 4.75. The molecular weight excluding hydrogens is 453 g/mol. The van der Waals surface area contributed by atoms with Crippen molar-refractivity contribution in [2.24, 2.45) is 0 Å². The normalized spacial score (nSPS) is 18.2. The fraction of sp³-hybridized carbons (Fsp3) is 0.250. The van der Waals surface area contributed by atoms with Crippen LogP contribution in [0.1, 0.15) is 23.3 Å². The van der Waals surface area contributed by atoms with Gasteiger partial charge in [-0.25, -0.2) is 0 Å². The van der Waals surface area contributed by atoms with Gasteiger partial charge in [0.05, 0.1) is 23.9 Å². The average Bonchev–Trinajstić information content (AvgIpc) is 2.78. The second-order valence-corrected chi connectivity index (χ2v) is 8.77. The predicted molar refractivity (Wildman–Crippen MR) is 129 cm³/mol. The van der Waals surface area contributed by atoms with E-state index in [1.54, 1.807) is 13.2 Å². The number of hydrogen-bond acceptors (Lipinski definition) is 4. The van der Waals surface area contributed by atoms with Crippen LogP contribution in [0, 0.1) is 0 Å². The minimum atomic E-state index is -0.0659. The first-order valence-electron chi connectivity index (χ1n) is 10.1. The molecule has 2 unspecified atom stereocenters. The Bertz CT molecular complexity index is 1000. The van der Waals surface area contributed by atoms with E-state index in [4.69, 9.17) is 39.6 Å². The molecule has 1 aliphatic rings. The van der Waals surface area contributed by atoms with Crippen LogP contribution in [0.3, 0.4) is 0 Å². The van der Waals surface area contributed by atoms with Crippen LogP contribution in [0.15, 0.2) is 72.8 Å². The van der Waals surface area contributed by atoms with E-state index in [1.807, 2.05) is 42.5 Å². The lowest BCUT2D eigenvalue weighted by Crippen LogP contribution is -2.52. The van der Waals surface area contributed by atoms with E-state index in [9.17, 15) is 0 Å². The van der Waals surface area contributed by atoms with E-state index >= 15 is 0 Å². The Hall–Kier alpha value is -1.79. The molecule has 2 atom stereocenters. The zero-order valence-electron chi connectivity index (χ0n) is 17.1. The summed E-state index contributed by atoms with van der Waals surface area (Å²) in [7, 11) is 1.65. The second kappa shape index (κ2) is 10.2. The molecule has 0 saturated carbocycles. The average molecular weight is 477 g/mol. The Morgan fingerprint density at radius 2 is 1.61 bits per heavy atom. The van der Waals surface area contributed by atoms with Crippen molar-refractivity contribution in [3.8, 4) is 0 Å². The summed E-state index contributed by atoms with van der Waals surface area (Å²) in [5, 5.41) is 1.99. The highest BCUT2D eigenvalue weighted by Gasteiger charge is 2.33. The molecule has 3 aromatic carbocycles. The molecule has 0 amide bonds. The third kappa shape index (κ3) is 5.17. The smallest absolute Gasteiger partial charge is 0.109 e. The van der Waals surface area contributed by atoms with Gasteiger partial charge >= 0.3 is 0 Å². The first-order valence-corrected chi connectivity index (χ1v) is 11.2. The molecule has 0 radical (unpaired) electrons. The van der Waals surface area contributed by atoms with E-state index < -0.39 is 0 Å². The molecule has 162 valence electrons. The Morgan fingerprint density at radius 1 is 0.903 bits per heavy atom. The van der Waals surface area contributed by atoms with Gasteiger partial charge in [-0.05, 0) is 41.5 Å². The standard InChI is InChI=1S/C24H24Cl3N3O/c1-31-28-24(18-5-3-2-4-6-18)29-13-14-30(22-12-11-20(26)15-21(22)27)23(16-29)17-7-9-19(25)10-8-17/h2-12,15,23-24,28H,13-14,16H2,1H3. The van der Waals surface area contributed by atoms with Gasteiger partial charge in [-0.2, -0.15) is 5.48 Å². The van der Waals surface area contributed by atoms with Crippen molar-refractivity contribution in [1.29, 1.82) is 0 Å². The lowest BCUT2D eigenvalue weighted by atomic mass is 10.00. The minimum Gasteiger partial charge on any atom is -0.361 e. The Morgan fingerprint density at radius 3 is 2.29 bits per heavy atom. The highest BCUT2D eigenvalue weighted by molar-refractivity contribution is 6.36. The molecule has 0 spiro atoms. The lowest BCUT2D eigenvalue weighted by Gasteiger charge is -2.46. The number of piperazine rings is 1. The third-order valence-electron chi connectivity index (χ3n) is 5.60. The molecular formula is C24H24Cl3N3O. The predicted octanol–water partition coefficient (Wildman–Crippen LogP) is 6.36. The quantitative estimate of drug-likeness (QED) is 0.419. The van der Waals surface area contributed by atoms with Gasteiger partial charge in [0.25, 0.3) is 0 Å². The summed E-state index contributed by atoms with van der Waals surface area (Å²) in [6, 6.07) is 24.1. The number of hydrogen-bond donors (Lipinski definition) is 1. The molecule has 31 heavy (non-hydrogen) atoms. The van der Waals surface area contributed by atoms with Crippen molar-refractivity contribution in [2.45, 2.75) is 12.2 Å². The van der Waals surface area contributed by atoms with Crippen LogP contribution in [0.5, 0.6) is 0 Å². The Kier molecular flexibility index (Phi) is 7.39. The highest BCUT2D eigenvalue weighted by Crippen LogP contribution is 2.38. The van der Waals surface area contributed by atoms with Gasteiger partial charge < -0.3 is 9.74 Å². The van der Waals surface area contributed by atoms with Crippen LogP contribution >= 0.6 is 34.8 Å². The number of nitrogens with zero attached hydrogens (tertiary/aromatic N) is 2. The monoisotopic (exact) mass is 475 g/mol. The molecule has 7 heteroatoms. The summed E-state index contributed by atoms with van der Waals surface area (Å²) in [6.07, 6.45) is -0.0659. The molecule has 0 bridgehead atoms. The Balaban J connectivity index is 1.69. The topological polar surface area (TPSA) is 27.7 Å². The van der Waals surface area contributed by atoms with Crippen molar-refractivity contribution in [3.05, 3.63) is 99.0 Å². The van der Waals surface area contributed by atoms with Crippen LogP contribution in [0.2, 0.25) is 15.1 Å². The minimum absolute atomic E-state index is 0.0659. The van der Waals surface area contributed by atoms with Gasteiger partial charge in [-0.1, -0.05) is 77.3 Å². The molecule has 1 N–H and O–H groups in total. The fourth-order valence-electron chi connectivity index (χ4n) is 4.11. The Labute approximate surface area is 198 Å². The van der Waals surface area contributed by atoms with Crippen LogP contribution in [0.25, 0.3) is 0 Å². The van der Waals surface area contributed by atoms with Gasteiger partial charge in [-0.3, -0.25) is 4.90 Å². The molecule has 1 aliphatic heterocycles. The van der Waals surface area contributed by atoms with E-state index in [-0.39, 0.29) is 12.2 Å². The molecule has 4 nitrogen and oxygen atoms in total. The number of benzene rings is 3. The van der Waals surface area contributed by atoms with Gasteiger partial charge in [-0.15, -0.1) is 0 Å². The molecule has 0 aliphatic carbocycles. The summed E-state index contributed by atoms with van der Waals surface area (Å²) in [4.78, 5) is 10.1. The van der Waals surface area contributed by atoms with E-state index in [1.165, 1.54) is 5.56 Å². The highest BCUT2D eigenvalue weighted by atomic mass is 35.5. The van der Waals surface area contributed by atoms with Crippen LogP contribution in [-0.4, -0.2) is 31.6 Å². The van der Waals surface area contributed by atoms with E-state index in [0.29, 0.717) is 10.0 Å². The first kappa shape index (κ1) is 22.4. The summed E-state index contributed by atoms with van der Waals surface area (Å²) in [6.45, 7) is 2.40. The molecule has 1 heterocycles. The second-order valence-electron chi connectivity index (χ2n) is 7.49. The van der Waals surface area contributed by atoms with Crippen molar-refractivity contribution in [1.82, 2.24) is 10.4 Å². The van der Waals surface area contributed by atoms with Gasteiger partial charge in [0.2, 0.25) is 0 Å². The number of halogens is 3. The van der Waals surface area contributed by atoms with Gasteiger partial charge in [0, 0.05) is 29.7 Å². The number of anilines is 1. The van der Waals surface area contributed by atoms with Crippen molar-refractivity contribution in [3.63, 3.8) is 0 Å². The van der Waals surface area contributed by atoms with E-state index in [0.717, 1.165) is 35.9 Å². The molecule has 4 rings (SSSR count). The summed E-state index contributed by atoms with van der Waals surface area (Å²) in [5.41, 5.74) is 6.46. The van der Waals surface area contributed by atoms with Crippen LogP contribution in [-0.2, 0) is 4.84 Å². The molecule has 1 saturated heterocycles. The van der Waals surface area contributed by atoms with Gasteiger partial charge in [0.15, 0.2) is 0 Å². The van der Waals surface area contributed by atoms with Crippen molar-refractivity contribution < 1.29 is 4.84 Å². The maximum atomic E-state index is 6.59. The summed E-state index contributed by atoms with van der Waals surface area (Å²) >= 11 is 18.9. The number of nitrogens with one attached hydrogen (secondary N) is 1. The zero-order valence-corrected chi connectivity index (χ0v) is 19.4. The maximum Gasteiger partial charge on any atom is 0.109 e. The number of hydroxylamine groups is 1. The van der Waals surface area contributed by atoms with Gasteiger partial charge in [0.1, 0.15) is 6.17 Å². The number of rotatable bonds is 6.